The lowest BCUT2D eigenvalue weighted by Crippen LogP contribution is -2.08. The first-order chi connectivity index (χ1) is 6.75. The molecule has 0 aliphatic heterocycles. The topological polar surface area (TPSA) is 37.3 Å². The van der Waals surface area contributed by atoms with Gasteiger partial charge in [-0.3, -0.25) is 4.79 Å². The Kier molecular flexibility index (Phi) is 3.27. The maximum atomic E-state index is 12.4. The van der Waals surface area contributed by atoms with Gasteiger partial charge in [0, 0.05) is 3.57 Å². The maximum absolute atomic E-state index is 12.4. The van der Waals surface area contributed by atoms with Gasteiger partial charge in [0.05, 0.1) is 11.1 Å². The number of Topliss-reactive ketones (excluding diaryl/α,β-unsaturated/α-hetero) is 1. The fourth-order valence-corrected chi connectivity index (χ4v) is 1.95. The van der Waals surface area contributed by atoms with Gasteiger partial charge in [-0.05, 0) is 41.6 Å². The van der Waals surface area contributed by atoms with Crippen LogP contribution < -0.4 is 0 Å². The summed E-state index contributed by atoms with van der Waals surface area (Å²) < 4.78 is 37.3. The number of rotatable bonds is 1. The van der Waals surface area contributed by atoms with E-state index in [-0.39, 0.29) is 5.56 Å². The van der Waals surface area contributed by atoms with Gasteiger partial charge in [0.25, 0.3) is 0 Å². The van der Waals surface area contributed by atoms with Crippen LogP contribution in [0.1, 0.15) is 22.8 Å². The molecule has 1 aromatic rings. The lowest BCUT2D eigenvalue weighted by molar-refractivity contribution is -0.138. The number of halogens is 4. The Bertz CT molecular complexity index is 413. The average Bonchev–Trinajstić information content (AvgIpc) is 2.00. The van der Waals surface area contributed by atoms with E-state index in [1.165, 1.54) is 0 Å². The molecule has 0 saturated heterocycles. The van der Waals surface area contributed by atoms with Crippen LogP contribution in [0, 0.1) is 3.57 Å². The molecule has 82 valence electrons. The highest BCUT2D eigenvalue weighted by molar-refractivity contribution is 14.1. The molecule has 0 aliphatic carbocycles. The van der Waals surface area contributed by atoms with Crippen LogP contribution in [0.15, 0.2) is 12.1 Å². The van der Waals surface area contributed by atoms with Gasteiger partial charge in [-0.2, -0.15) is 13.2 Å². The van der Waals surface area contributed by atoms with E-state index in [1.54, 1.807) is 22.6 Å². The smallest absolute Gasteiger partial charge is 0.419 e. The Morgan fingerprint density at radius 2 is 1.93 bits per heavy atom. The highest BCUT2D eigenvalue weighted by Crippen LogP contribution is 2.39. The van der Waals surface area contributed by atoms with E-state index >= 15 is 0 Å². The van der Waals surface area contributed by atoms with Gasteiger partial charge in [0.15, 0.2) is 5.78 Å². The van der Waals surface area contributed by atoms with Gasteiger partial charge in [0.2, 0.25) is 0 Å². The summed E-state index contributed by atoms with van der Waals surface area (Å²) in [6.07, 6.45) is -4.65. The molecular weight excluding hydrogens is 324 g/mol. The average molecular weight is 330 g/mol. The second-order valence-electron chi connectivity index (χ2n) is 2.87. The van der Waals surface area contributed by atoms with Crippen LogP contribution >= 0.6 is 22.6 Å². The molecular formula is C9H6F3IO2. The second-order valence-corrected chi connectivity index (χ2v) is 4.03. The fraction of sp³-hybridized carbons (Fsp3) is 0.222. The summed E-state index contributed by atoms with van der Waals surface area (Å²) in [6.45, 7) is 1.11. The van der Waals surface area contributed by atoms with Crippen LogP contribution in [0.25, 0.3) is 0 Å². The van der Waals surface area contributed by atoms with Crippen molar-refractivity contribution in [3.63, 3.8) is 0 Å². The summed E-state index contributed by atoms with van der Waals surface area (Å²) in [4.78, 5) is 11.0. The number of benzene rings is 1. The van der Waals surface area contributed by atoms with Gasteiger partial charge >= 0.3 is 6.18 Å². The van der Waals surface area contributed by atoms with Crippen molar-refractivity contribution in [2.75, 3.05) is 0 Å². The highest BCUT2D eigenvalue weighted by atomic mass is 127. The zero-order valence-electron chi connectivity index (χ0n) is 7.52. The quantitative estimate of drug-likeness (QED) is 0.634. The molecule has 6 heteroatoms. The molecule has 0 amide bonds. The first-order valence-electron chi connectivity index (χ1n) is 3.84. The number of carbonyl (C=O) groups excluding carboxylic acids is 1. The van der Waals surface area contributed by atoms with Crippen molar-refractivity contribution in [1.29, 1.82) is 0 Å². The SMILES string of the molecule is CC(=O)c1c(I)ccc(C(F)(F)F)c1O. The Hall–Kier alpha value is -0.790. The highest BCUT2D eigenvalue weighted by Gasteiger charge is 2.35. The zero-order valence-corrected chi connectivity index (χ0v) is 9.68. The molecule has 0 saturated carbocycles. The van der Waals surface area contributed by atoms with E-state index in [1.807, 2.05) is 0 Å². The Labute approximate surface area is 97.2 Å². The molecule has 0 atom stereocenters. The molecule has 0 aromatic heterocycles. The van der Waals surface area contributed by atoms with Crippen LogP contribution in [-0.4, -0.2) is 10.9 Å². The standard InChI is InChI=1S/C9H6F3IO2/c1-4(14)7-6(13)3-2-5(8(7)15)9(10,11)12/h2-3,15H,1H3. The summed E-state index contributed by atoms with van der Waals surface area (Å²) >= 11 is 1.70. The number of phenolic OH excluding ortho intramolecular Hbond substituents is 1. The van der Waals surface area contributed by atoms with Gasteiger partial charge in [0.1, 0.15) is 5.75 Å². The third-order valence-corrected chi connectivity index (χ3v) is 2.68. The molecule has 0 heterocycles. The predicted molar refractivity (Wildman–Crippen MR) is 55.8 cm³/mol. The number of carbonyl (C=O) groups is 1. The lowest BCUT2D eigenvalue weighted by atomic mass is 10.1. The van der Waals surface area contributed by atoms with Gasteiger partial charge in [-0.15, -0.1) is 0 Å². The van der Waals surface area contributed by atoms with Gasteiger partial charge in [-0.25, -0.2) is 0 Å². The summed E-state index contributed by atoms with van der Waals surface area (Å²) in [7, 11) is 0. The van der Waals surface area contributed by atoms with E-state index in [0.717, 1.165) is 19.1 Å². The molecule has 0 unspecified atom stereocenters. The molecule has 0 aliphatic rings. The summed E-state index contributed by atoms with van der Waals surface area (Å²) in [5.74, 6) is -1.59. The van der Waals surface area contributed by atoms with E-state index in [0.29, 0.717) is 3.57 Å². The van der Waals surface area contributed by atoms with Gasteiger partial charge in [-0.1, -0.05) is 0 Å². The summed E-state index contributed by atoms with van der Waals surface area (Å²) in [5, 5.41) is 9.33. The largest absolute Gasteiger partial charge is 0.507 e. The van der Waals surface area contributed by atoms with Crippen LogP contribution in [0.5, 0.6) is 5.75 Å². The summed E-state index contributed by atoms with van der Waals surface area (Å²) in [6, 6.07) is 1.91. The molecule has 0 fully saturated rings. The number of hydrogen-bond acceptors (Lipinski definition) is 2. The minimum absolute atomic E-state index is 0.287. The Morgan fingerprint density at radius 1 is 1.40 bits per heavy atom. The molecule has 1 rings (SSSR count). The monoisotopic (exact) mass is 330 g/mol. The fourth-order valence-electron chi connectivity index (χ4n) is 1.13. The molecule has 0 spiro atoms. The minimum atomic E-state index is -4.65. The van der Waals surface area contributed by atoms with Crippen LogP contribution in [0.2, 0.25) is 0 Å². The van der Waals surface area contributed by atoms with Crippen molar-refractivity contribution in [3.05, 3.63) is 26.8 Å². The second kappa shape index (κ2) is 3.99. The van der Waals surface area contributed by atoms with Crippen molar-refractivity contribution in [1.82, 2.24) is 0 Å². The minimum Gasteiger partial charge on any atom is -0.507 e. The molecule has 1 aromatic carbocycles. The third kappa shape index (κ3) is 2.42. The first-order valence-corrected chi connectivity index (χ1v) is 4.92. The van der Waals surface area contributed by atoms with E-state index in [2.05, 4.69) is 0 Å². The van der Waals surface area contributed by atoms with Gasteiger partial charge < -0.3 is 5.11 Å². The van der Waals surface area contributed by atoms with Crippen LogP contribution in [0.4, 0.5) is 13.2 Å². The zero-order chi connectivity index (χ0) is 11.8. The lowest BCUT2D eigenvalue weighted by Gasteiger charge is -2.12. The molecule has 0 bridgehead atoms. The van der Waals surface area contributed by atoms with E-state index < -0.39 is 23.3 Å². The number of aromatic hydroxyl groups is 1. The van der Waals surface area contributed by atoms with Crippen molar-refractivity contribution in [2.24, 2.45) is 0 Å². The van der Waals surface area contributed by atoms with E-state index in [4.69, 9.17) is 0 Å². The molecule has 15 heavy (non-hydrogen) atoms. The van der Waals surface area contributed by atoms with Crippen LogP contribution in [-0.2, 0) is 6.18 Å². The van der Waals surface area contributed by atoms with Crippen molar-refractivity contribution < 1.29 is 23.1 Å². The Morgan fingerprint density at radius 3 is 2.33 bits per heavy atom. The third-order valence-electron chi connectivity index (χ3n) is 1.78. The van der Waals surface area contributed by atoms with E-state index in [9.17, 15) is 23.1 Å². The van der Waals surface area contributed by atoms with Crippen molar-refractivity contribution >= 4 is 28.4 Å². The summed E-state index contributed by atoms with van der Waals surface area (Å²) in [5.41, 5.74) is -1.47. The molecule has 2 nitrogen and oxygen atoms in total. The predicted octanol–water partition coefficient (Wildman–Crippen LogP) is 3.22. The number of phenols is 1. The number of alkyl halides is 3. The maximum Gasteiger partial charge on any atom is 0.419 e. The number of ketones is 1. The molecule has 0 radical (unpaired) electrons. The molecule has 1 N–H and O–H groups in total. The van der Waals surface area contributed by atoms with Crippen molar-refractivity contribution in [2.45, 2.75) is 13.1 Å². The normalized spacial score (nSPS) is 11.5. The number of hydrogen-bond donors (Lipinski definition) is 1. The Balaban J connectivity index is 3.49. The van der Waals surface area contributed by atoms with Crippen LogP contribution in [0.3, 0.4) is 0 Å². The van der Waals surface area contributed by atoms with Crippen molar-refractivity contribution in [3.8, 4) is 5.75 Å². The first kappa shape index (κ1) is 12.3.